The van der Waals surface area contributed by atoms with E-state index in [9.17, 15) is 0 Å². The molecule has 0 saturated carbocycles. The fourth-order valence-corrected chi connectivity index (χ4v) is 3.83. The summed E-state index contributed by atoms with van der Waals surface area (Å²) >= 11 is 1.00. The number of hydrogen-bond acceptors (Lipinski definition) is 7. The monoisotopic (exact) mass is 427 g/mol. The number of nitrogens with zero attached hydrogens (tertiary/aromatic N) is 4. The minimum atomic E-state index is -0.750. The highest BCUT2D eigenvalue weighted by Crippen LogP contribution is 2.28. The molecule has 0 amide bonds. The lowest BCUT2D eigenvalue weighted by molar-refractivity contribution is 0.630. The van der Waals surface area contributed by atoms with Crippen molar-refractivity contribution in [3.63, 3.8) is 0 Å². The highest BCUT2D eigenvalue weighted by Gasteiger charge is 2.14. The molecule has 7 nitrogen and oxygen atoms in total. The maximum atomic E-state index is 8.29. The van der Waals surface area contributed by atoms with Crippen molar-refractivity contribution in [2.45, 2.75) is 33.2 Å². The molecule has 1 aromatic carbocycles. The molecule has 0 aliphatic heterocycles. The molecule has 29 heavy (non-hydrogen) atoms. The van der Waals surface area contributed by atoms with Crippen molar-refractivity contribution in [1.82, 2.24) is 19.6 Å². The number of aryl methyl sites for hydroxylation is 1. The van der Waals surface area contributed by atoms with Crippen LogP contribution in [0.5, 0.6) is 0 Å². The van der Waals surface area contributed by atoms with Gasteiger partial charge in [0.1, 0.15) is 5.82 Å². The first-order valence-corrected chi connectivity index (χ1v) is 10.6. The van der Waals surface area contributed by atoms with Crippen LogP contribution in [0.25, 0.3) is 16.1 Å². The zero-order valence-corrected chi connectivity index (χ0v) is 18.0. The molecule has 0 aliphatic carbocycles. The Labute approximate surface area is 176 Å². The van der Waals surface area contributed by atoms with Gasteiger partial charge < -0.3 is 5.32 Å². The minimum Gasteiger partial charge on any atom is -0.350 e. The fourth-order valence-electron chi connectivity index (χ4n) is 3.04. The molecule has 0 aliphatic rings. The zero-order chi connectivity index (χ0) is 20.8. The molecule has 150 valence electrons. The van der Waals surface area contributed by atoms with Gasteiger partial charge in [0.25, 0.3) is 0 Å². The molecule has 3 heterocycles. The predicted octanol–water partition coefficient (Wildman–Crippen LogP) is 4.23. The van der Waals surface area contributed by atoms with Crippen LogP contribution in [0.4, 0.5) is 5.95 Å². The summed E-state index contributed by atoms with van der Waals surface area (Å²) in [6.07, 6.45) is 1.89. The highest BCUT2D eigenvalue weighted by molar-refractivity contribution is 7.51. The quantitative estimate of drug-likeness (QED) is 0.513. The van der Waals surface area contributed by atoms with Crippen LogP contribution in [-0.2, 0) is 18.1 Å². The second kappa shape index (κ2) is 9.53. The third-order valence-electron chi connectivity index (χ3n) is 4.37. The zero-order valence-electron chi connectivity index (χ0n) is 16.3. The number of nitrogens with one attached hydrogen (secondary N) is 1. The molecular weight excluding hydrogens is 406 g/mol. The van der Waals surface area contributed by atoms with E-state index >= 15 is 0 Å². The number of benzene rings is 1. The molecule has 0 unspecified atom stereocenters. The Bertz CT molecular complexity index is 1130. The topological polar surface area (TPSA) is 89.2 Å². The molecule has 0 bridgehead atoms. The first kappa shape index (κ1) is 20.8. The Morgan fingerprint density at radius 1 is 1.14 bits per heavy atom. The lowest BCUT2D eigenvalue weighted by Crippen LogP contribution is -2.10. The van der Waals surface area contributed by atoms with Crippen LogP contribution in [0.2, 0.25) is 0 Å². The summed E-state index contributed by atoms with van der Waals surface area (Å²) in [7, 11) is 0. The summed E-state index contributed by atoms with van der Waals surface area (Å²) < 4.78 is 18.4. The van der Waals surface area contributed by atoms with Crippen LogP contribution in [0.1, 0.15) is 36.7 Å². The highest BCUT2D eigenvalue weighted by atomic mass is 32.1. The minimum absolute atomic E-state index is 0.370. The Hall–Kier alpha value is -2.91. The molecule has 4 rings (SSSR count). The molecule has 9 heteroatoms. The summed E-state index contributed by atoms with van der Waals surface area (Å²) in [6, 6.07) is 12.7. The third-order valence-corrected chi connectivity index (χ3v) is 5.27. The smallest absolute Gasteiger partial charge is 0.335 e. The molecule has 0 atom stereocenters. The van der Waals surface area contributed by atoms with E-state index in [2.05, 4.69) is 76.0 Å². The second-order valence-electron chi connectivity index (χ2n) is 6.64. The molecule has 0 spiro atoms. The fraction of sp³-hybridized carbons (Fsp3) is 0.250. The van der Waals surface area contributed by atoms with Gasteiger partial charge in [0, 0.05) is 17.0 Å². The largest absolute Gasteiger partial charge is 0.350 e. The SMILES string of the molecule is Cc1nc(NCc2ccccc2-c2cccs2)n2ncc(C(C)C)c2n1.O=S=O. The molecule has 0 radical (unpaired) electrons. The van der Waals surface area contributed by atoms with Gasteiger partial charge >= 0.3 is 11.6 Å². The molecule has 3 aromatic heterocycles. The number of anilines is 1. The Kier molecular flexibility index (Phi) is 6.84. The lowest BCUT2D eigenvalue weighted by atomic mass is 10.1. The molecule has 0 saturated heterocycles. The van der Waals surface area contributed by atoms with Gasteiger partial charge in [-0.2, -0.15) is 23.0 Å². The number of aromatic nitrogens is 4. The van der Waals surface area contributed by atoms with Crippen molar-refractivity contribution in [2.75, 3.05) is 5.32 Å². The van der Waals surface area contributed by atoms with Gasteiger partial charge in [-0.05, 0) is 35.4 Å². The summed E-state index contributed by atoms with van der Waals surface area (Å²) in [6.45, 7) is 6.90. The normalized spacial score (nSPS) is 10.6. The van der Waals surface area contributed by atoms with E-state index in [1.807, 2.05) is 13.1 Å². The van der Waals surface area contributed by atoms with Gasteiger partial charge in [0.05, 0.1) is 6.20 Å². The number of fused-ring (bicyclic) bond motifs is 1. The van der Waals surface area contributed by atoms with Crippen molar-refractivity contribution in [2.24, 2.45) is 0 Å². The van der Waals surface area contributed by atoms with Gasteiger partial charge in [-0.25, -0.2) is 4.98 Å². The van der Waals surface area contributed by atoms with Crippen LogP contribution in [0.3, 0.4) is 0 Å². The van der Waals surface area contributed by atoms with Gasteiger partial charge in [-0.1, -0.05) is 44.2 Å². The standard InChI is InChI=1S/C20H21N5S.O2S/c1-13(2)17-12-22-25-19(17)23-14(3)24-20(25)21-11-15-7-4-5-8-16(15)18-9-6-10-26-18;1-3-2/h4-10,12-13H,11H2,1-3H3,(H,21,23,24);. The summed E-state index contributed by atoms with van der Waals surface area (Å²) in [5.41, 5.74) is 4.50. The maximum Gasteiger partial charge on any atom is 0.335 e. The van der Waals surface area contributed by atoms with Crippen molar-refractivity contribution >= 4 is 34.5 Å². The van der Waals surface area contributed by atoms with Gasteiger partial charge in [-0.3, -0.25) is 0 Å². The van der Waals surface area contributed by atoms with E-state index in [-0.39, 0.29) is 0 Å². The molecule has 0 fully saturated rings. The molecule has 4 aromatic rings. The van der Waals surface area contributed by atoms with E-state index in [1.54, 1.807) is 15.9 Å². The summed E-state index contributed by atoms with van der Waals surface area (Å²) in [4.78, 5) is 10.4. The Morgan fingerprint density at radius 3 is 2.59 bits per heavy atom. The van der Waals surface area contributed by atoms with Gasteiger partial charge in [0.15, 0.2) is 5.65 Å². The van der Waals surface area contributed by atoms with E-state index in [0.29, 0.717) is 12.5 Å². The van der Waals surface area contributed by atoms with Crippen molar-refractivity contribution in [3.8, 4) is 10.4 Å². The maximum absolute atomic E-state index is 8.29. The van der Waals surface area contributed by atoms with Crippen molar-refractivity contribution in [3.05, 3.63) is 64.9 Å². The molecule has 1 N–H and O–H groups in total. The van der Waals surface area contributed by atoms with Crippen LogP contribution >= 0.6 is 11.3 Å². The van der Waals surface area contributed by atoms with E-state index in [1.165, 1.54) is 16.0 Å². The van der Waals surface area contributed by atoms with Crippen molar-refractivity contribution in [1.29, 1.82) is 0 Å². The van der Waals surface area contributed by atoms with Crippen LogP contribution < -0.4 is 5.32 Å². The second-order valence-corrected chi connectivity index (χ2v) is 7.72. The van der Waals surface area contributed by atoms with Crippen LogP contribution in [-0.4, -0.2) is 28.0 Å². The first-order chi connectivity index (χ1) is 14.0. The van der Waals surface area contributed by atoms with Crippen LogP contribution in [0.15, 0.2) is 48.0 Å². The van der Waals surface area contributed by atoms with E-state index < -0.39 is 11.6 Å². The number of hydrogen-bond donors (Lipinski definition) is 1. The Balaban J connectivity index is 0.000000755. The van der Waals surface area contributed by atoms with Crippen molar-refractivity contribution < 1.29 is 8.42 Å². The lowest BCUT2D eigenvalue weighted by Gasteiger charge is -2.12. The van der Waals surface area contributed by atoms with Gasteiger partial charge in [0.2, 0.25) is 5.95 Å². The first-order valence-electron chi connectivity index (χ1n) is 9.04. The van der Waals surface area contributed by atoms with E-state index in [0.717, 1.165) is 23.0 Å². The van der Waals surface area contributed by atoms with E-state index in [4.69, 9.17) is 8.42 Å². The number of rotatable bonds is 5. The number of thiophene rings is 1. The summed E-state index contributed by atoms with van der Waals surface area (Å²) in [5, 5.41) is 10.1. The average molecular weight is 428 g/mol. The molecular formula is C20H21N5O2S2. The van der Waals surface area contributed by atoms with Gasteiger partial charge in [-0.15, -0.1) is 11.3 Å². The Morgan fingerprint density at radius 2 is 1.90 bits per heavy atom. The predicted molar refractivity (Wildman–Crippen MR) is 116 cm³/mol. The summed E-state index contributed by atoms with van der Waals surface area (Å²) in [5.74, 6) is 1.84. The average Bonchev–Trinajstić information content (AvgIpc) is 3.37. The van der Waals surface area contributed by atoms with Crippen LogP contribution in [0, 0.1) is 6.92 Å². The third kappa shape index (κ3) is 4.75.